The quantitative estimate of drug-likeness (QED) is 0.433. The molecule has 0 aromatic heterocycles. The van der Waals surface area contributed by atoms with E-state index in [1.54, 1.807) is 14.2 Å². The predicted octanol–water partition coefficient (Wildman–Crippen LogP) is 4.83. The molecule has 5 nitrogen and oxygen atoms in total. The highest BCUT2D eigenvalue weighted by Crippen LogP contribution is 2.33. The first-order valence-corrected chi connectivity index (χ1v) is 15.5. The van der Waals surface area contributed by atoms with Gasteiger partial charge in [-0.3, -0.25) is 0 Å². The Hall–Kier alpha value is -0.866. The van der Waals surface area contributed by atoms with Crippen LogP contribution in [0.15, 0.2) is 24.3 Å². The molecule has 0 aliphatic rings. The molecule has 0 saturated carbocycles. The van der Waals surface area contributed by atoms with Crippen LogP contribution in [0.25, 0.3) is 0 Å². The Bertz CT molecular complexity index is 548. The van der Waals surface area contributed by atoms with Gasteiger partial charge in [0.2, 0.25) is 0 Å². The summed E-state index contributed by atoms with van der Waals surface area (Å²) >= 11 is 0. The molecule has 0 fully saturated rings. The van der Waals surface area contributed by atoms with Crippen molar-refractivity contribution in [2.45, 2.75) is 52.9 Å². The third-order valence-corrected chi connectivity index (χ3v) is 10.0. The van der Waals surface area contributed by atoms with Crippen molar-refractivity contribution in [3.8, 4) is 0 Å². The third kappa shape index (κ3) is 6.60. The van der Waals surface area contributed by atoms with Crippen LogP contribution in [0, 0.1) is 0 Å². The number of hydrogen-bond acceptors (Lipinski definition) is 5. The molecular formula is C20H40N2O3Si2. The minimum absolute atomic E-state index is 0.621. The maximum atomic E-state index is 5.85. The summed E-state index contributed by atoms with van der Waals surface area (Å²) in [4.78, 5) is 2.47. The molecule has 0 heterocycles. The summed E-state index contributed by atoms with van der Waals surface area (Å²) in [5, 5.41) is 0. The van der Waals surface area contributed by atoms with E-state index in [1.165, 1.54) is 11.4 Å². The van der Waals surface area contributed by atoms with Crippen LogP contribution in [-0.4, -0.2) is 57.5 Å². The summed E-state index contributed by atoms with van der Waals surface area (Å²) in [6.45, 7) is 17.3. The van der Waals surface area contributed by atoms with Crippen molar-refractivity contribution in [2.75, 3.05) is 49.9 Å². The third-order valence-electron chi connectivity index (χ3n) is 4.92. The molecule has 0 atom stereocenters. The van der Waals surface area contributed by atoms with Crippen molar-refractivity contribution in [2.24, 2.45) is 0 Å². The summed E-state index contributed by atoms with van der Waals surface area (Å²) in [5.74, 6) is 0. The molecule has 0 unspecified atom stereocenters. The highest BCUT2D eigenvalue weighted by molar-refractivity contribution is 6.79. The van der Waals surface area contributed by atoms with Gasteiger partial charge in [-0.2, -0.15) is 0 Å². The first-order chi connectivity index (χ1) is 12.8. The molecule has 1 aromatic rings. The smallest absolute Gasteiger partial charge is 0.397 e. The SMILES string of the molecule is CCO[Si](CCCN(CC)c1ccccc1N(CC)[Si](C)(C)C)(OC)OC. The predicted molar refractivity (Wildman–Crippen MR) is 122 cm³/mol. The van der Waals surface area contributed by atoms with E-state index in [-0.39, 0.29) is 0 Å². The molecule has 27 heavy (non-hydrogen) atoms. The van der Waals surface area contributed by atoms with Crippen LogP contribution < -0.4 is 9.47 Å². The first-order valence-electron chi connectivity index (χ1n) is 10.1. The van der Waals surface area contributed by atoms with Gasteiger partial charge in [0.05, 0.1) is 11.4 Å². The minimum atomic E-state index is -2.53. The highest BCUT2D eigenvalue weighted by atomic mass is 28.4. The fraction of sp³-hybridized carbons (Fsp3) is 0.700. The Morgan fingerprint density at radius 1 is 0.889 bits per heavy atom. The van der Waals surface area contributed by atoms with Gasteiger partial charge < -0.3 is 22.7 Å². The molecule has 0 aliphatic carbocycles. The van der Waals surface area contributed by atoms with Gasteiger partial charge in [-0.1, -0.05) is 31.8 Å². The van der Waals surface area contributed by atoms with Crippen molar-refractivity contribution >= 4 is 28.4 Å². The first kappa shape index (κ1) is 24.2. The molecular weight excluding hydrogens is 372 g/mol. The van der Waals surface area contributed by atoms with Gasteiger partial charge in [-0.15, -0.1) is 0 Å². The largest absolute Gasteiger partial charge is 0.500 e. The summed E-state index contributed by atoms with van der Waals surface area (Å²) in [7, 11) is -0.574. The maximum absolute atomic E-state index is 5.85. The molecule has 0 saturated heterocycles. The molecule has 0 amide bonds. The zero-order chi connectivity index (χ0) is 20.5. The fourth-order valence-corrected chi connectivity index (χ4v) is 7.44. The maximum Gasteiger partial charge on any atom is 0.500 e. The van der Waals surface area contributed by atoms with Crippen LogP contribution >= 0.6 is 0 Å². The molecule has 7 heteroatoms. The lowest BCUT2D eigenvalue weighted by atomic mass is 10.2. The summed E-state index contributed by atoms with van der Waals surface area (Å²) in [5.41, 5.74) is 2.68. The molecule has 0 spiro atoms. The molecule has 0 N–H and O–H groups in total. The van der Waals surface area contributed by atoms with E-state index in [2.05, 4.69) is 67.2 Å². The number of hydrogen-bond donors (Lipinski definition) is 0. The van der Waals surface area contributed by atoms with Crippen molar-refractivity contribution in [1.29, 1.82) is 0 Å². The van der Waals surface area contributed by atoms with Crippen LogP contribution in [0.3, 0.4) is 0 Å². The molecule has 0 bridgehead atoms. The fourth-order valence-electron chi connectivity index (χ4n) is 3.60. The van der Waals surface area contributed by atoms with Crippen molar-refractivity contribution in [1.82, 2.24) is 0 Å². The van der Waals surface area contributed by atoms with Gasteiger partial charge in [0.1, 0.15) is 8.24 Å². The number of para-hydroxylation sites is 2. The van der Waals surface area contributed by atoms with Gasteiger partial charge in [0.15, 0.2) is 0 Å². The van der Waals surface area contributed by atoms with Gasteiger partial charge >= 0.3 is 8.80 Å². The van der Waals surface area contributed by atoms with Gasteiger partial charge in [0.25, 0.3) is 0 Å². The van der Waals surface area contributed by atoms with E-state index >= 15 is 0 Å². The zero-order valence-corrected chi connectivity index (χ0v) is 20.7. The van der Waals surface area contributed by atoms with Gasteiger partial charge in [0, 0.05) is 46.5 Å². The van der Waals surface area contributed by atoms with Crippen LogP contribution in [0.5, 0.6) is 0 Å². The zero-order valence-electron chi connectivity index (χ0n) is 18.7. The second kappa shape index (κ2) is 11.2. The molecule has 0 radical (unpaired) electrons. The molecule has 0 aliphatic heterocycles. The molecule has 1 rings (SSSR count). The average Bonchev–Trinajstić information content (AvgIpc) is 2.64. The van der Waals surface area contributed by atoms with Crippen LogP contribution in [-0.2, 0) is 13.3 Å². The average molecular weight is 413 g/mol. The molecule has 1 aromatic carbocycles. The Morgan fingerprint density at radius 2 is 1.48 bits per heavy atom. The standard InChI is InChI=1S/C20H40N2O3Si2/c1-9-21(17-14-18-27(23-4,24-5)25-11-3)19-15-12-13-16-20(19)22(10-2)26(6,7)8/h12-13,15-16H,9-11,14,17-18H2,1-8H3. The second-order valence-corrected chi connectivity index (χ2v) is 15.5. The lowest BCUT2D eigenvalue weighted by molar-refractivity contribution is 0.103. The van der Waals surface area contributed by atoms with Gasteiger partial charge in [-0.25, -0.2) is 0 Å². The monoisotopic (exact) mass is 412 g/mol. The van der Waals surface area contributed by atoms with E-state index in [9.17, 15) is 0 Å². The summed E-state index contributed by atoms with van der Waals surface area (Å²) < 4.78 is 19.7. The van der Waals surface area contributed by atoms with Crippen molar-refractivity contribution < 1.29 is 13.3 Å². The Morgan fingerprint density at radius 3 is 1.93 bits per heavy atom. The number of benzene rings is 1. The second-order valence-electron chi connectivity index (χ2n) is 7.61. The lowest BCUT2D eigenvalue weighted by Gasteiger charge is -2.39. The summed E-state index contributed by atoms with van der Waals surface area (Å²) in [6.07, 6.45) is 0.981. The van der Waals surface area contributed by atoms with Crippen molar-refractivity contribution in [3.05, 3.63) is 24.3 Å². The van der Waals surface area contributed by atoms with E-state index < -0.39 is 17.0 Å². The lowest BCUT2D eigenvalue weighted by Crippen LogP contribution is -2.47. The Balaban J connectivity index is 2.97. The number of rotatable bonds is 13. The van der Waals surface area contributed by atoms with E-state index in [4.69, 9.17) is 13.3 Å². The normalized spacial score (nSPS) is 12.3. The minimum Gasteiger partial charge on any atom is -0.397 e. The van der Waals surface area contributed by atoms with Crippen LogP contribution in [0.1, 0.15) is 27.2 Å². The van der Waals surface area contributed by atoms with E-state index in [0.717, 1.165) is 32.1 Å². The summed E-state index contributed by atoms with van der Waals surface area (Å²) in [6, 6.07) is 9.64. The molecule has 156 valence electrons. The Labute approximate surface area is 169 Å². The topological polar surface area (TPSA) is 34.2 Å². The van der Waals surface area contributed by atoms with Crippen LogP contribution in [0.4, 0.5) is 11.4 Å². The number of nitrogens with zero attached hydrogens (tertiary/aromatic N) is 2. The van der Waals surface area contributed by atoms with Crippen molar-refractivity contribution in [3.63, 3.8) is 0 Å². The Kier molecular flexibility index (Phi) is 10.0. The van der Waals surface area contributed by atoms with Crippen LogP contribution in [0.2, 0.25) is 25.7 Å². The highest BCUT2D eigenvalue weighted by Gasteiger charge is 2.38. The van der Waals surface area contributed by atoms with E-state index in [1.807, 2.05) is 6.92 Å². The van der Waals surface area contributed by atoms with E-state index in [0.29, 0.717) is 6.61 Å². The number of anilines is 2. The van der Waals surface area contributed by atoms with Gasteiger partial charge in [-0.05, 0) is 39.3 Å².